The minimum absolute atomic E-state index is 0.665. The molecule has 0 saturated heterocycles. The van der Waals surface area contributed by atoms with Crippen LogP contribution in [0, 0.1) is 0 Å². The van der Waals surface area contributed by atoms with E-state index in [0.717, 1.165) is 38.2 Å². The molecule has 0 unspecified atom stereocenters. The molecular formula is C9H20N2O. The molecule has 3 heteroatoms. The quantitative estimate of drug-likeness (QED) is 0.414. The number of nitrogens with one attached hydrogen (secondary N) is 1. The molecule has 0 aromatic carbocycles. The molecule has 0 aliphatic heterocycles. The molecular weight excluding hydrogens is 152 g/mol. The Kier molecular flexibility index (Phi) is 8.44. The third-order valence-corrected chi connectivity index (χ3v) is 1.33. The van der Waals surface area contributed by atoms with Crippen LogP contribution in [0.5, 0.6) is 0 Å². The molecule has 0 aliphatic rings. The van der Waals surface area contributed by atoms with Gasteiger partial charge in [0, 0.05) is 6.54 Å². The van der Waals surface area contributed by atoms with Crippen molar-refractivity contribution < 1.29 is 4.74 Å². The molecule has 0 rings (SSSR count). The third-order valence-electron chi connectivity index (χ3n) is 1.33. The molecule has 0 bridgehead atoms. The van der Waals surface area contributed by atoms with Gasteiger partial charge in [-0.2, -0.15) is 0 Å². The monoisotopic (exact) mass is 172 g/mol. The first-order chi connectivity index (χ1) is 5.77. The van der Waals surface area contributed by atoms with Gasteiger partial charge in [0.15, 0.2) is 0 Å². The minimum atomic E-state index is 0.665. The summed E-state index contributed by atoms with van der Waals surface area (Å²) in [4.78, 5) is 0. The molecule has 0 fully saturated rings. The van der Waals surface area contributed by atoms with Crippen molar-refractivity contribution in [1.29, 1.82) is 0 Å². The van der Waals surface area contributed by atoms with E-state index >= 15 is 0 Å². The predicted molar refractivity (Wildman–Crippen MR) is 52.2 cm³/mol. The zero-order valence-corrected chi connectivity index (χ0v) is 7.94. The summed E-state index contributed by atoms with van der Waals surface area (Å²) < 4.78 is 5.28. The van der Waals surface area contributed by atoms with E-state index in [1.165, 1.54) is 0 Å². The molecule has 0 saturated carbocycles. The van der Waals surface area contributed by atoms with E-state index < -0.39 is 0 Å². The van der Waals surface area contributed by atoms with Crippen LogP contribution in [0.2, 0.25) is 0 Å². The summed E-state index contributed by atoms with van der Waals surface area (Å²) in [5.74, 6) is 0. The molecule has 0 spiro atoms. The average Bonchev–Trinajstić information content (AvgIpc) is 2.02. The van der Waals surface area contributed by atoms with Crippen molar-refractivity contribution in [2.24, 2.45) is 5.73 Å². The van der Waals surface area contributed by atoms with Gasteiger partial charge in [0.05, 0.1) is 13.2 Å². The lowest BCUT2D eigenvalue weighted by Crippen LogP contribution is -2.22. The van der Waals surface area contributed by atoms with Gasteiger partial charge in [-0.15, -0.1) is 0 Å². The summed E-state index contributed by atoms with van der Waals surface area (Å²) in [6, 6.07) is 0. The number of hydrogen-bond donors (Lipinski definition) is 2. The lowest BCUT2D eigenvalue weighted by Gasteiger charge is -2.04. The van der Waals surface area contributed by atoms with Crippen LogP contribution in [-0.4, -0.2) is 32.8 Å². The molecule has 12 heavy (non-hydrogen) atoms. The minimum Gasteiger partial charge on any atom is -0.376 e. The fourth-order valence-electron chi connectivity index (χ4n) is 0.743. The van der Waals surface area contributed by atoms with E-state index in [4.69, 9.17) is 10.5 Å². The first-order valence-electron chi connectivity index (χ1n) is 4.40. The Morgan fingerprint density at radius 1 is 1.50 bits per heavy atom. The molecule has 0 aliphatic carbocycles. The van der Waals surface area contributed by atoms with Gasteiger partial charge in [0.2, 0.25) is 0 Å². The Morgan fingerprint density at radius 2 is 2.25 bits per heavy atom. The van der Waals surface area contributed by atoms with Crippen LogP contribution in [0.15, 0.2) is 12.2 Å². The van der Waals surface area contributed by atoms with Crippen LogP contribution in [0.1, 0.15) is 13.3 Å². The van der Waals surface area contributed by atoms with Crippen LogP contribution in [0.3, 0.4) is 0 Å². The zero-order chi connectivity index (χ0) is 9.23. The van der Waals surface area contributed by atoms with Crippen molar-refractivity contribution in [3.05, 3.63) is 12.2 Å². The highest BCUT2D eigenvalue weighted by Gasteiger charge is 1.88. The van der Waals surface area contributed by atoms with Gasteiger partial charge in [-0.05, 0) is 26.4 Å². The fourth-order valence-corrected chi connectivity index (χ4v) is 0.743. The topological polar surface area (TPSA) is 47.3 Å². The first-order valence-corrected chi connectivity index (χ1v) is 4.40. The third kappa shape index (κ3) is 9.62. The Hall–Kier alpha value is -0.380. The first kappa shape index (κ1) is 11.6. The Morgan fingerprint density at radius 3 is 2.83 bits per heavy atom. The molecule has 3 N–H and O–H groups in total. The highest BCUT2D eigenvalue weighted by atomic mass is 16.5. The second-order valence-electron chi connectivity index (χ2n) is 2.90. The van der Waals surface area contributed by atoms with Crippen molar-refractivity contribution in [3.63, 3.8) is 0 Å². The van der Waals surface area contributed by atoms with Crippen molar-refractivity contribution in [2.45, 2.75) is 13.3 Å². The normalized spacial score (nSPS) is 10.2. The van der Waals surface area contributed by atoms with Crippen LogP contribution in [0.4, 0.5) is 0 Å². The predicted octanol–water partition coefficient (Wildman–Crippen LogP) is 0.518. The molecule has 72 valence electrons. The fraction of sp³-hybridized carbons (Fsp3) is 0.778. The number of nitrogens with two attached hydrogens (primary N) is 1. The average molecular weight is 172 g/mol. The molecule has 0 heterocycles. The summed E-state index contributed by atoms with van der Waals surface area (Å²) in [7, 11) is 0. The van der Waals surface area contributed by atoms with E-state index in [2.05, 4.69) is 11.9 Å². The van der Waals surface area contributed by atoms with Gasteiger partial charge in [-0.25, -0.2) is 0 Å². The van der Waals surface area contributed by atoms with Gasteiger partial charge in [-0.1, -0.05) is 12.2 Å². The van der Waals surface area contributed by atoms with Crippen LogP contribution in [-0.2, 0) is 4.74 Å². The number of ether oxygens (including phenoxy) is 1. The van der Waals surface area contributed by atoms with E-state index in [-0.39, 0.29) is 0 Å². The van der Waals surface area contributed by atoms with Crippen molar-refractivity contribution in [1.82, 2.24) is 5.32 Å². The van der Waals surface area contributed by atoms with Gasteiger partial charge in [0.1, 0.15) is 0 Å². The summed E-state index contributed by atoms with van der Waals surface area (Å²) in [6.45, 7) is 9.74. The summed E-state index contributed by atoms with van der Waals surface area (Å²) in [5.41, 5.74) is 6.39. The zero-order valence-electron chi connectivity index (χ0n) is 7.94. The smallest absolute Gasteiger partial charge is 0.0672 e. The van der Waals surface area contributed by atoms with Crippen molar-refractivity contribution in [2.75, 3.05) is 32.8 Å². The Balaban J connectivity index is 2.86. The lowest BCUT2D eigenvalue weighted by atomic mass is 10.4. The van der Waals surface area contributed by atoms with Crippen LogP contribution < -0.4 is 11.1 Å². The summed E-state index contributed by atoms with van der Waals surface area (Å²) >= 11 is 0. The summed E-state index contributed by atoms with van der Waals surface area (Å²) in [5, 5.41) is 3.23. The maximum absolute atomic E-state index is 5.33. The van der Waals surface area contributed by atoms with E-state index in [0.29, 0.717) is 6.61 Å². The highest BCUT2D eigenvalue weighted by molar-refractivity contribution is 4.87. The largest absolute Gasteiger partial charge is 0.376 e. The molecule has 0 radical (unpaired) electrons. The van der Waals surface area contributed by atoms with Gasteiger partial charge in [0.25, 0.3) is 0 Å². The lowest BCUT2D eigenvalue weighted by molar-refractivity contribution is 0.158. The van der Waals surface area contributed by atoms with Crippen LogP contribution in [0.25, 0.3) is 0 Å². The summed E-state index contributed by atoms with van der Waals surface area (Å²) in [6.07, 6.45) is 1.03. The SMILES string of the molecule is C=C(C)COCCNCCCN. The maximum Gasteiger partial charge on any atom is 0.0672 e. The maximum atomic E-state index is 5.33. The van der Waals surface area contributed by atoms with Crippen molar-refractivity contribution >= 4 is 0 Å². The second kappa shape index (κ2) is 8.71. The van der Waals surface area contributed by atoms with Crippen LogP contribution >= 0.6 is 0 Å². The Labute approximate surface area is 75.0 Å². The second-order valence-corrected chi connectivity index (χ2v) is 2.90. The van der Waals surface area contributed by atoms with Crippen molar-refractivity contribution in [3.8, 4) is 0 Å². The molecule has 0 atom stereocenters. The highest BCUT2D eigenvalue weighted by Crippen LogP contribution is 1.86. The van der Waals surface area contributed by atoms with E-state index in [9.17, 15) is 0 Å². The Bertz CT molecular complexity index is 115. The van der Waals surface area contributed by atoms with Gasteiger partial charge in [-0.3, -0.25) is 0 Å². The van der Waals surface area contributed by atoms with Gasteiger partial charge >= 0.3 is 0 Å². The number of rotatable bonds is 8. The standard InChI is InChI=1S/C9H20N2O/c1-9(2)8-12-7-6-11-5-3-4-10/h11H,1,3-8,10H2,2H3. The van der Waals surface area contributed by atoms with E-state index in [1.807, 2.05) is 6.92 Å². The van der Waals surface area contributed by atoms with Gasteiger partial charge < -0.3 is 15.8 Å². The van der Waals surface area contributed by atoms with E-state index in [1.54, 1.807) is 0 Å². The number of hydrogen-bond acceptors (Lipinski definition) is 3. The molecule has 3 nitrogen and oxygen atoms in total. The molecule has 0 amide bonds. The molecule has 0 aromatic rings. The molecule has 0 aromatic heterocycles.